The Hall–Kier alpha value is -2.81. The van der Waals surface area contributed by atoms with Gasteiger partial charge in [-0.1, -0.05) is 272 Å². The quantitative estimate of drug-likeness (QED) is 0.0285. The molecule has 0 radical (unpaired) electrons. The van der Waals surface area contributed by atoms with Gasteiger partial charge in [-0.05, 0) is 32.1 Å². The molecule has 1 aliphatic rings. The highest BCUT2D eigenvalue weighted by Gasteiger charge is 2.49. The summed E-state index contributed by atoms with van der Waals surface area (Å²) in [6, 6.07) is -2.84. The van der Waals surface area contributed by atoms with Crippen molar-refractivity contribution in [2.24, 2.45) is 0 Å². The van der Waals surface area contributed by atoms with Crippen LogP contribution in [-0.4, -0.2) is 101 Å². The van der Waals surface area contributed by atoms with Crippen LogP contribution < -0.4 is 10.6 Å². The number of hydrogen-bond acceptors (Lipinski definition) is 11. The van der Waals surface area contributed by atoms with E-state index in [1.165, 1.54) is 154 Å². The number of carboxylic acids is 1. The summed E-state index contributed by atoms with van der Waals surface area (Å²) < 4.78 is 24.0. The lowest BCUT2D eigenvalue weighted by atomic mass is 9.96. The predicted molar refractivity (Wildman–Crippen MR) is 314 cm³/mol. The monoisotopic (exact) mass is 1110 g/mol. The lowest BCUT2D eigenvalue weighted by Gasteiger charge is -2.44. The van der Waals surface area contributed by atoms with Gasteiger partial charge < -0.3 is 44.9 Å². The number of ether oxygens (including phenoxy) is 4. The highest BCUT2D eigenvalue weighted by molar-refractivity contribution is 5.83. The first-order valence-corrected chi connectivity index (χ1v) is 32.8. The second-order valence-corrected chi connectivity index (χ2v) is 23.0. The molecule has 1 fully saturated rings. The maximum absolute atomic E-state index is 14.3. The van der Waals surface area contributed by atoms with Crippen molar-refractivity contribution in [1.82, 2.24) is 10.6 Å². The smallest absolute Gasteiger partial charge is 0.347 e. The van der Waals surface area contributed by atoms with Gasteiger partial charge in [0.05, 0.1) is 13.2 Å². The number of carbonyl (C=O) groups is 5. The third-order valence-electron chi connectivity index (χ3n) is 15.6. The molecule has 0 aromatic rings. The number of unbranched alkanes of at least 4 members (excludes halogenated alkanes) is 38. The molecule has 14 heteroatoms. The van der Waals surface area contributed by atoms with Crippen LogP contribution in [0.4, 0.5) is 0 Å². The van der Waals surface area contributed by atoms with E-state index in [0.29, 0.717) is 25.7 Å². The van der Waals surface area contributed by atoms with Crippen molar-refractivity contribution >= 4 is 29.7 Å². The number of nitrogens with one attached hydrogen (secondary N) is 2. The average molecular weight is 1110 g/mol. The molecule has 0 spiro atoms. The molecule has 1 rings (SSSR count). The number of amides is 2. The number of carboxylic acid groups (broad SMARTS) is 1. The van der Waals surface area contributed by atoms with Gasteiger partial charge in [0.1, 0.15) is 18.2 Å². The summed E-state index contributed by atoms with van der Waals surface area (Å²) in [5.74, 6) is -3.59. The molecule has 0 bridgehead atoms. The van der Waals surface area contributed by atoms with E-state index in [1.54, 1.807) is 0 Å². The Morgan fingerprint density at radius 2 is 0.846 bits per heavy atom. The minimum Gasteiger partial charge on any atom is -0.480 e. The van der Waals surface area contributed by atoms with Gasteiger partial charge in [0.15, 0.2) is 24.5 Å². The van der Waals surface area contributed by atoms with Gasteiger partial charge in [-0.25, -0.2) is 9.59 Å². The summed E-state index contributed by atoms with van der Waals surface area (Å²) in [4.78, 5) is 67.1. The Morgan fingerprint density at radius 3 is 1.23 bits per heavy atom. The summed E-state index contributed by atoms with van der Waals surface area (Å²) in [5.41, 5.74) is 0. The van der Waals surface area contributed by atoms with Crippen LogP contribution in [0.1, 0.15) is 323 Å². The number of esters is 2. The highest BCUT2D eigenvalue weighted by Crippen LogP contribution is 2.27. The third kappa shape index (κ3) is 39.6. The van der Waals surface area contributed by atoms with Crippen molar-refractivity contribution in [3.05, 3.63) is 0 Å². The third-order valence-corrected chi connectivity index (χ3v) is 15.6. The Kier molecular flexibility index (Phi) is 49.1. The Bertz CT molecular complexity index is 1450. The summed E-state index contributed by atoms with van der Waals surface area (Å²) in [6.45, 7) is 7.56. The SMILES string of the molecule is CCCCCCCCCCCCCC(=O)N[C@H]1[C@H](OC[C@H](NC(=O)CCCCCCCCCCCCC)C(=O)O)O[C@H](CO)[C@@H](O)[C@@H]1OC(=O)C(CCCCCCCCCCC)OC(=O)CCCCCCCCCCCCC. The minimum atomic E-state index is -1.65. The summed E-state index contributed by atoms with van der Waals surface area (Å²) in [7, 11) is 0. The number of rotatable bonds is 56. The Morgan fingerprint density at radius 1 is 0.487 bits per heavy atom. The summed E-state index contributed by atoms with van der Waals surface area (Å²) >= 11 is 0. The van der Waals surface area contributed by atoms with E-state index in [1.807, 2.05) is 0 Å². The zero-order valence-electron chi connectivity index (χ0n) is 50.5. The van der Waals surface area contributed by atoms with Gasteiger partial charge in [0.25, 0.3) is 0 Å². The fraction of sp³-hybridized carbons (Fsp3) is 0.922. The number of carbonyl (C=O) groups excluding carboxylic acids is 4. The zero-order valence-corrected chi connectivity index (χ0v) is 50.5. The fourth-order valence-electron chi connectivity index (χ4n) is 10.5. The van der Waals surface area contributed by atoms with Crippen LogP contribution in [-0.2, 0) is 42.9 Å². The van der Waals surface area contributed by atoms with E-state index in [2.05, 4.69) is 38.3 Å². The molecule has 1 heterocycles. The molecule has 0 aromatic heterocycles. The molecule has 14 nitrogen and oxygen atoms in total. The first-order chi connectivity index (χ1) is 38.0. The number of hydrogen-bond donors (Lipinski definition) is 5. The molecular formula is C64H120N2O12. The van der Waals surface area contributed by atoms with Gasteiger partial charge in [-0.2, -0.15) is 0 Å². The van der Waals surface area contributed by atoms with Crippen LogP contribution in [0, 0.1) is 0 Å². The first kappa shape index (κ1) is 73.2. The zero-order chi connectivity index (χ0) is 57.1. The van der Waals surface area contributed by atoms with Crippen LogP contribution in [0.2, 0.25) is 0 Å². The molecule has 2 amide bonds. The molecule has 78 heavy (non-hydrogen) atoms. The first-order valence-electron chi connectivity index (χ1n) is 32.8. The second-order valence-electron chi connectivity index (χ2n) is 23.0. The van der Waals surface area contributed by atoms with Crippen molar-refractivity contribution in [2.75, 3.05) is 13.2 Å². The van der Waals surface area contributed by atoms with Crippen molar-refractivity contribution < 1.29 is 58.2 Å². The maximum atomic E-state index is 14.3. The van der Waals surface area contributed by atoms with Crippen molar-refractivity contribution in [3.63, 3.8) is 0 Å². The van der Waals surface area contributed by atoms with Crippen molar-refractivity contribution in [2.45, 2.75) is 366 Å². The fourth-order valence-corrected chi connectivity index (χ4v) is 10.5. The van der Waals surface area contributed by atoms with Crippen LogP contribution >= 0.6 is 0 Å². The molecule has 1 saturated heterocycles. The van der Waals surface area contributed by atoms with E-state index in [-0.39, 0.29) is 25.7 Å². The minimum absolute atomic E-state index is 0.130. The number of aliphatic hydroxyl groups is 2. The van der Waals surface area contributed by atoms with E-state index in [4.69, 9.17) is 18.9 Å². The lowest BCUT2D eigenvalue weighted by molar-refractivity contribution is -0.276. The van der Waals surface area contributed by atoms with Crippen molar-refractivity contribution in [3.8, 4) is 0 Å². The van der Waals surface area contributed by atoms with Gasteiger partial charge in [-0.3, -0.25) is 14.4 Å². The van der Waals surface area contributed by atoms with Crippen LogP contribution in [0.5, 0.6) is 0 Å². The topological polar surface area (TPSA) is 207 Å². The van der Waals surface area contributed by atoms with Crippen LogP contribution in [0.25, 0.3) is 0 Å². The summed E-state index contributed by atoms with van der Waals surface area (Å²) in [5, 5.41) is 37.8. The van der Waals surface area contributed by atoms with Crippen molar-refractivity contribution in [1.29, 1.82) is 0 Å². The van der Waals surface area contributed by atoms with E-state index >= 15 is 0 Å². The second kappa shape index (κ2) is 52.3. The normalized spacial score (nSPS) is 18.1. The largest absolute Gasteiger partial charge is 0.480 e. The Labute approximate surface area is 475 Å². The molecule has 0 aliphatic carbocycles. The van der Waals surface area contributed by atoms with Crippen LogP contribution in [0.3, 0.4) is 0 Å². The van der Waals surface area contributed by atoms with E-state index in [0.717, 1.165) is 89.9 Å². The highest BCUT2D eigenvalue weighted by atomic mass is 16.7. The van der Waals surface area contributed by atoms with Gasteiger partial charge in [-0.15, -0.1) is 0 Å². The molecule has 7 atom stereocenters. The predicted octanol–water partition coefficient (Wildman–Crippen LogP) is 15.0. The van der Waals surface area contributed by atoms with Gasteiger partial charge in [0.2, 0.25) is 11.8 Å². The molecule has 0 aromatic carbocycles. The maximum Gasteiger partial charge on any atom is 0.347 e. The van der Waals surface area contributed by atoms with Crippen LogP contribution in [0.15, 0.2) is 0 Å². The lowest BCUT2D eigenvalue weighted by Crippen LogP contribution is -2.66. The molecule has 5 N–H and O–H groups in total. The Balaban J connectivity index is 3.16. The number of aliphatic carboxylic acids is 1. The molecule has 1 unspecified atom stereocenters. The molecule has 0 saturated carbocycles. The number of aliphatic hydroxyl groups excluding tert-OH is 2. The van der Waals surface area contributed by atoms with E-state index < -0.39 is 85.7 Å². The molecule has 1 aliphatic heterocycles. The average Bonchev–Trinajstić information content (AvgIpc) is 3.45. The standard InChI is InChI=1S/C64H120N2O12/c1-5-9-13-17-21-25-28-32-36-40-44-48-56(68)65-53(62(72)73)52-75-64-59(66-57(69)49-45-41-37-33-29-26-22-18-14-10-6-2)61(60(71)55(51-67)77-64)78-63(74)54(47-43-39-35-31-24-20-16-12-8-4)76-58(70)50-46-42-38-34-30-27-23-19-15-11-7-3/h53-55,59-61,64,67,71H,5-52H2,1-4H3,(H,65,68)(H,66,69)(H,72,73)/t53-,54?,55+,59+,60+,61+,64+/m0/s1. The van der Waals surface area contributed by atoms with E-state index in [9.17, 15) is 39.3 Å². The molecule has 458 valence electrons. The van der Waals surface area contributed by atoms with Gasteiger partial charge in [0, 0.05) is 19.3 Å². The molecular weight excluding hydrogens is 989 g/mol. The summed E-state index contributed by atoms with van der Waals surface area (Å²) in [6.07, 6.45) is 39.7. The van der Waals surface area contributed by atoms with Gasteiger partial charge >= 0.3 is 17.9 Å².